The van der Waals surface area contributed by atoms with Crippen LogP contribution in [0, 0.1) is 11.8 Å². The monoisotopic (exact) mass is 242 g/mol. The highest BCUT2D eigenvalue weighted by atomic mass is 16.3. The molecule has 4 heteroatoms. The summed E-state index contributed by atoms with van der Waals surface area (Å²) >= 11 is 0. The van der Waals surface area contributed by atoms with Crippen LogP contribution in [0.15, 0.2) is 0 Å². The molecule has 3 N–H and O–H groups in total. The number of urea groups is 1. The van der Waals surface area contributed by atoms with Gasteiger partial charge in [0.15, 0.2) is 0 Å². The van der Waals surface area contributed by atoms with Crippen LogP contribution < -0.4 is 10.6 Å². The van der Waals surface area contributed by atoms with Crippen LogP contribution in [0.3, 0.4) is 0 Å². The lowest BCUT2D eigenvalue weighted by molar-refractivity contribution is 0.203. The highest BCUT2D eigenvalue weighted by Gasteiger charge is 2.25. The zero-order valence-electron chi connectivity index (χ0n) is 11.2. The number of carbonyl (C=O) groups is 1. The van der Waals surface area contributed by atoms with E-state index in [0.29, 0.717) is 17.9 Å². The third-order valence-corrected chi connectivity index (χ3v) is 3.49. The maximum absolute atomic E-state index is 11.8. The Labute approximate surface area is 104 Å². The minimum atomic E-state index is -0.136. The molecule has 4 nitrogen and oxygen atoms in total. The summed E-state index contributed by atoms with van der Waals surface area (Å²) in [6, 6.07) is 0.0311. The minimum absolute atomic E-state index is 0.00577. The molecule has 0 heterocycles. The fourth-order valence-electron chi connectivity index (χ4n) is 2.50. The molecule has 0 aromatic carbocycles. The molecular formula is C13H26N2O2. The van der Waals surface area contributed by atoms with Gasteiger partial charge in [-0.15, -0.1) is 0 Å². The fraction of sp³-hybridized carbons (Fsp3) is 0.923. The Morgan fingerprint density at radius 1 is 1.41 bits per heavy atom. The molecule has 0 aromatic heterocycles. The predicted molar refractivity (Wildman–Crippen MR) is 68.8 cm³/mol. The molecule has 0 aromatic rings. The van der Waals surface area contributed by atoms with Crippen LogP contribution in [0.2, 0.25) is 0 Å². The molecule has 1 aliphatic rings. The molecule has 3 unspecified atom stereocenters. The summed E-state index contributed by atoms with van der Waals surface area (Å²) in [6.07, 6.45) is 4.27. The number of carbonyl (C=O) groups excluding carboxylic acids is 1. The molecule has 1 rings (SSSR count). The van der Waals surface area contributed by atoms with Crippen molar-refractivity contribution in [1.82, 2.24) is 10.6 Å². The summed E-state index contributed by atoms with van der Waals surface area (Å²) in [7, 11) is 0. The van der Waals surface area contributed by atoms with Gasteiger partial charge in [0.1, 0.15) is 0 Å². The Morgan fingerprint density at radius 3 is 2.59 bits per heavy atom. The van der Waals surface area contributed by atoms with Gasteiger partial charge in [0.25, 0.3) is 0 Å². The lowest BCUT2D eigenvalue weighted by Gasteiger charge is -2.22. The number of nitrogens with one attached hydrogen (secondary N) is 2. The van der Waals surface area contributed by atoms with Crippen molar-refractivity contribution in [1.29, 1.82) is 0 Å². The molecule has 0 aliphatic heterocycles. The van der Waals surface area contributed by atoms with E-state index in [1.807, 2.05) is 0 Å². The van der Waals surface area contributed by atoms with Crippen molar-refractivity contribution in [3.63, 3.8) is 0 Å². The second-order valence-electron chi connectivity index (χ2n) is 5.64. The van der Waals surface area contributed by atoms with Crippen molar-refractivity contribution in [3.8, 4) is 0 Å². The molecule has 1 aliphatic carbocycles. The Balaban J connectivity index is 2.31. The van der Waals surface area contributed by atoms with E-state index in [9.17, 15) is 9.90 Å². The van der Waals surface area contributed by atoms with Crippen LogP contribution in [0.25, 0.3) is 0 Å². The van der Waals surface area contributed by atoms with Crippen molar-refractivity contribution >= 4 is 6.03 Å². The Bertz CT molecular complexity index is 244. The largest absolute Gasteiger partial charge is 0.394 e. The van der Waals surface area contributed by atoms with Crippen LogP contribution in [0.1, 0.15) is 46.5 Å². The van der Waals surface area contributed by atoms with E-state index in [0.717, 1.165) is 12.8 Å². The van der Waals surface area contributed by atoms with E-state index in [4.69, 9.17) is 0 Å². The second kappa shape index (κ2) is 6.84. The van der Waals surface area contributed by atoms with Gasteiger partial charge in [0.05, 0.1) is 12.6 Å². The van der Waals surface area contributed by atoms with Gasteiger partial charge in [-0.25, -0.2) is 4.79 Å². The van der Waals surface area contributed by atoms with Crippen LogP contribution in [0.4, 0.5) is 4.79 Å². The van der Waals surface area contributed by atoms with Crippen molar-refractivity contribution in [3.05, 3.63) is 0 Å². The van der Waals surface area contributed by atoms with E-state index < -0.39 is 0 Å². The molecule has 0 bridgehead atoms. The summed E-state index contributed by atoms with van der Waals surface area (Å²) < 4.78 is 0. The van der Waals surface area contributed by atoms with Gasteiger partial charge in [-0.1, -0.05) is 27.2 Å². The third kappa shape index (κ3) is 4.94. The first kappa shape index (κ1) is 14.3. The topological polar surface area (TPSA) is 61.4 Å². The lowest BCUT2D eigenvalue weighted by Crippen LogP contribution is -2.48. The third-order valence-electron chi connectivity index (χ3n) is 3.49. The van der Waals surface area contributed by atoms with E-state index in [2.05, 4.69) is 31.4 Å². The second-order valence-corrected chi connectivity index (χ2v) is 5.64. The summed E-state index contributed by atoms with van der Waals surface area (Å²) in [6.45, 7) is 6.35. The molecular weight excluding hydrogens is 216 g/mol. The number of hydrogen-bond acceptors (Lipinski definition) is 2. The van der Waals surface area contributed by atoms with E-state index in [-0.39, 0.29) is 18.7 Å². The van der Waals surface area contributed by atoms with Gasteiger partial charge in [-0.3, -0.25) is 0 Å². The van der Waals surface area contributed by atoms with Gasteiger partial charge in [0.2, 0.25) is 0 Å². The first-order valence-electron chi connectivity index (χ1n) is 6.70. The molecule has 1 saturated carbocycles. The molecule has 0 radical (unpaired) electrons. The zero-order valence-corrected chi connectivity index (χ0v) is 11.2. The van der Waals surface area contributed by atoms with E-state index >= 15 is 0 Å². The van der Waals surface area contributed by atoms with Gasteiger partial charge in [-0.2, -0.15) is 0 Å². The Kier molecular flexibility index (Phi) is 5.75. The smallest absolute Gasteiger partial charge is 0.315 e. The number of aliphatic hydroxyl groups excluding tert-OH is 1. The quantitative estimate of drug-likeness (QED) is 0.689. The SMILES string of the molecule is CC(C)CC(CO)NC(=O)NC1CCCC1C. The molecule has 1 fully saturated rings. The standard InChI is InChI=1S/C13H26N2O2/c1-9(2)7-11(8-16)14-13(17)15-12-6-4-5-10(12)3/h9-12,16H,4-8H2,1-3H3,(H2,14,15,17). The maximum Gasteiger partial charge on any atom is 0.315 e. The average Bonchev–Trinajstić information content (AvgIpc) is 2.62. The normalized spacial score (nSPS) is 25.9. The predicted octanol–water partition coefficient (Wildman–Crippen LogP) is 1.88. The molecule has 100 valence electrons. The van der Waals surface area contributed by atoms with Crippen LogP contribution >= 0.6 is 0 Å². The van der Waals surface area contributed by atoms with E-state index in [1.54, 1.807) is 0 Å². The summed E-state index contributed by atoms with van der Waals surface area (Å²) in [5.74, 6) is 1.04. The van der Waals surface area contributed by atoms with Crippen LogP contribution in [0.5, 0.6) is 0 Å². The number of hydrogen-bond donors (Lipinski definition) is 3. The van der Waals surface area contributed by atoms with Gasteiger partial charge < -0.3 is 15.7 Å². The fourth-order valence-corrected chi connectivity index (χ4v) is 2.50. The molecule has 17 heavy (non-hydrogen) atoms. The molecule has 0 saturated heterocycles. The summed E-state index contributed by atoms with van der Waals surface area (Å²) in [5, 5.41) is 15.0. The van der Waals surface area contributed by atoms with Crippen molar-refractivity contribution in [2.24, 2.45) is 11.8 Å². The maximum atomic E-state index is 11.8. The average molecular weight is 242 g/mol. The minimum Gasteiger partial charge on any atom is -0.394 e. The lowest BCUT2D eigenvalue weighted by atomic mass is 10.0. The van der Waals surface area contributed by atoms with Gasteiger partial charge in [0, 0.05) is 6.04 Å². The van der Waals surface area contributed by atoms with Crippen LogP contribution in [-0.4, -0.2) is 29.8 Å². The molecule has 3 atom stereocenters. The summed E-state index contributed by atoms with van der Waals surface area (Å²) in [4.78, 5) is 11.8. The first-order valence-corrected chi connectivity index (χ1v) is 6.70. The van der Waals surface area contributed by atoms with Crippen molar-refractivity contribution in [2.45, 2.75) is 58.5 Å². The van der Waals surface area contributed by atoms with Crippen molar-refractivity contribution in [2.75, 3.05) is 6.61 Å². The summed E-state index contributed by atoms with van der Waals surface area (Å²) in [5.41, 5.74) is 0. The first-order chi connectivity index (χ1) is 8.02. The Hall–Kier alpha value is -0.770. The van der Waals surface area contributed by atoms with Crippen LogP contribution in [-0.2, 0) is 0 Å². The van der Waals surface area contributed by atoms with Gasteiger partial charge >= 0.3 is 6.03 Å². The number of aliphatic hydroxyl groups is 1. The van der Waals surface area contributed by atoms with Gasteiger partial charge in [-0.05, 0) is 31.1 Å². The highest BCUT2D eigenvalue weighted by Crippen LogP contribution is 2.24. The Morgan fingerprint density at radius 2 is 2.12 bits per heavy atom. The number of rotatable bonds is 5. The zero-order chi connectivity index (χ0) is 12.8. The van der Waals surface area contributed by atoms with Crippen molar-refractivity contribution < 1.29 is 9.90 Å². The molecule has 2 amide bonds. The van der Waals surface area contributed by atoms with E-state index in [1.165, 1.54) is 12.8 Å². The molecule has 0 spiro atoms. The number of amides is 2. The highest BCUT2D eigenvalue weighted by molar-refractivity contribution is 5.74.